The number of aromatic nitrogens is 2. The van der Waals surface area contributed by atoms with Gasteiger partial charge in [0.1, 0.15) is 0 Å². The molecule has 1 aromatic rings. The Labute approximate surface area is 83.0 Å². The van der Waals surface area contributed by atoms with Crippen LogP contribution in [0.4, 0.5) is 0 Å². The molecule has 1 atom stereocenters. The Morgan fingerprint density at radius 2 is 2.50 bits per heavy atom. The molecule has 2 heterocycles. The highest BCUT2D eigenvalue weighted by molar-refractivity contribution is 5.80. The number of guanidine groups is 1. The number of aliphatic imine (C=N–C) groups is 1. The number of aromatic amines is 1. The molecular weight excluding hydrogens is 178 g/mol. The van der Waals surface area contributed by atoms with Gasteiger partial charge in [0.05, 0.1) is 12.2 Å². The van der Waals surface area contributed by atoms with Gasteiger partial charge in [-0.05, 0) is 13.3 Å². The molecule has 0 bridgehead atoms. The zero-order chi connectivity index (χ0) is 9.80. The van der Waals surface area contributed by atoms with E-state index in [2.05, 4.69) is 32.7 Å². The molecule has 0 aromatic carbocycles. The molecule has 0 amide bonds. The summed E-state index contributed by atoms with van der Waals surface area (Å²) in [6, 6.07) is 0.234. The second kappa shape index (κ2) is 4.13. The maximum Gasteiger partial charge on any atom is 0.191 e. The summed E-state index contributed by atoms with van der Waals surface area (Å²) >= 11 is 0. The van der Waals surface area contributed by atoms with E-state index in [4.69, 9.17) is 0 Å². The van der Waals surface area contributed by atoms with Crippen LogP contribution in [-0.2, 0) is 0 Å². The van der Waals surface area contributed by atoms with E-state index in [1.54, 1.807) is 0 Å². The van der Waals surface area contributed by atoms with Gasteiger partial charge in [0, 0.05) is 24.8 Å². The van der Waals surface area contributed by atoms with E-state index < -0.39 is 0 Å². The van der Waals surface area contributed by atoms with Crippen LogP contribution >= 0.6 is 0 Å². The Hall–Kier alpha value is -1.52. The molecule has 2 rings (SSSR count). The van der Waals surface area contributed by atoms with Gasteiger partial charge >= 0.3 is 0 Å². The van der Waals surface area contributed by atoms with Gasteiger partial charge in [0.15, 0.2) is 5.96 Å². The van der Waals surface area contributed by atoms with Crippen molar-refractivity contribution in [1.29, 1.82) is 0 Å². The maximum absolute atomic E-state index is 4.34. The van der Waals surface area contributed by atoms with Gasteiger partial charge in [-0.15, -0.1) is 0 Å². The van der Waals surface area contributed by atoms with Gasteiger partial charge in [-0.2, -0.15) is 5.10 Å². The van der Waals surface area contributed by atoms with E-state index in [-0.39, 0.29) is 6.04 Å². The first-order valence-corrected chi connectivity index (χ1v) is 4.90. The van der Waals surface area contributed by atoms with Gasteiger partial charge in [0.2, 0.25) is 0 Å². The lowest BCUT2D eigenvalue weighted by Gasteiger charge is -2.19. The van der Waals surface area contributed by atoms with Crippen LogP contribution in [0.2, 0.25) is 0 Å². The van der Waals surface area contributed by atoms with Gasteiger partial charge < -0.3 is 10.6 Å². The van der Waals surface area contributed by atoms with Crippen LogP contribution in [0, 0.1) is 0 Å². The van der Waals surface area contributed by atoms with Crippen LogP contribution in [-0.4, -0.2) is 29.2 Å². The van der Waals surface area contributed by atoms with Crippen molar-refractivity contribution in [3.8, 4) is 0 Å². The van der Waals surface area contributed by atoms with Crippen molar-refractivity contribution in [2.45, 2.75) is 19.4 Å². The SMILES string of the molecule is CC(NC1=NCCCN1)c1cn[nH]c1. The molecule has 1 aromatic heterocycles. The predicted octanol–water partition coefficient (Wildman–Crippen LogP) is 0.410. The van der Waals surface area contributed by atoms with E-state index in [1.807, 2.05) is 12.4 Å². The summed E-state index contributed by atoms with van der Waals surface area (Å²) < 4.78 is 0. The van der Waals surface area contributed by atoms with Crippen LogP contribution in [0.15, 0.2) is 17.4 Å². The third-order valence-electron chi connectivity index (χ3n) is 2.27. The standard InChI is InChI=1S/C9H15N5/c1-7(8-5-12-13-6-8)14-9-10-3-2-4-11-9/h5-7H,2-4H2,1H3,(H,12,13)(H2,10,11,14). The first-order chi connectivity index (χ1) is 6.86. The summed E-state index contributed by atoms with van der Waals surface area (Å²) in [5.74, 6) is 0.893. The number of rotatable bonds is 2. The highest BCUT2D eigenvalue weighted by atomic mass is 15.2. The highest BCUT2D eigenvalue weighted by Gasteiger charge is 2.09. The second-order valence-electron chi connectivity index (χ2n) is 3.41. The number of hydrogen-bond donors (Lipinski definition) is 3. The van der Waals surface area contributed by atoms with Crippen LogP contribution < -0.4 is 10.6 Å². The molecule has 0 radical (unpaired) electrons. The summed E-state index contributed by atoms with van der Waals surface area (Å²) in [4.78, 5) is 4.34. The van der Waals surface area contributed by atoms with E-state index in [1.165, 1.54) is 0 Å². The molecular formula is C9H15N5. The first-order valence-electron chi connectivity index (χ1n) is 4.90. The molecule has 1 aliphatic rings. The highest BCUT2D eigenvalue weighted by Crippen LogP contribution is 2.08. The lowest BCUT2D eigenvalue weighted by molar-refractivity contribution is 0.649. The largest absolute Gasteiger partial charge is 0.356 e. The normalized spacial score (nSPS) is 18.2. The Balaban J connectivity index is 1.94. The third-order valence-corrected chi connectivity index (χ3v) is 2.27. The Morgan fingerprint density at radius 3 is 3.14 bits per heavy atom. The molecule has 0 aliphatic carbocycles. The summed E-state index contributed by atoms with van der Waals surface area (Å²) in [5.41, 5.74) is 1.14. The molecule has 3 N–H and O–H groups in total. The summed E-state index contributed by atoms with van der Waals surface area (Å²) in [7, 11) is 0. The topological polar surface area (TPSA) is 65.1 Å². The minimum Gasteiger partial charge on any atom is -0.356 e. The van der Waals surface area contributed by atoms with Gasteiger partial charge in [-0.1, -0.05) is 0 Å². The van der Waals surface area contributed by atoms with Crippen molar-refractivity contribution in [2.75, 3.05) is 13.1 Å². The van der Waals surface area contributed by atoms with E-state index >= 15 is 0 Å². The fourth-order valence-corrected chi connectivity index (χ4v) is 1.42. The number of H-pyrrole nitrogens is 1. The molecule has 5 heteroatoms. The third kappa shape index (κ3) is 2.04. The summed E-state index contributed by atoms with van der Waals surface area (Å²) in [5, 5.41) is 13.2. The summed E-state index contributed by atoms with van der Waals surface area (Å²) in [6.45, 7) is 4.00. The predicted molar refractivity (Wildman–Crippen MR) is 55.1 cm³/mol. The summed E-state index contributed by atoms with van der Waals surface area (Å²) in [6.07, 6.45) is 4.83. The Morgan fingerprint density at radius 1 is 1.57 bits per heavy atom. The lowest BCUT2D eigenvalue weighted by atomic mass is 10.2. The number of nitrogens with one attached hydrogen (secondary N) is 3. The molecule has 0 spiro atoms. The van der Waals surface area contributed by atoms with Gasteiger partial charge in [0.25, 0.3) is 0 Å². The minimum atomic E-state index is 0.234. The lowest BCUT2D eigenvalue weighted by Crippen LogP contribution is -2.41. The molecule has 1 unspecified atom stereocenters. The van der Waals surface area contributed by atoms with Gasteiger partial charge in [-0.25, -0.2) is 0 Å². The van der Waals surface area contributed by atoms with Crippen molar-refractivity contribution in [2.24, 2.45) is 4.99 Å². The van der Waals surface area contributed by atoms with Crippen LogP contribution in [0.3, 0.4) is 0 Å². The maximum atomic E-state index is 4.34. The number of hydrogen-bond acceptors (Lipinski definition) is 4. The first kappa shape index (κ1) is 9.05. The molecule has 5 nitrogen and oxygen atoms in total. The van der Waals surface area contributed by atoms with Crippen molar-refractivity contribution < 1.29 is 0 Å². The molecule has 0 fully saturated rings. The van der Waals surface area contributed by atoms with E-state index in [9.17, 15) is 0 Å². The van der Waals surface area contributed by atoms with Crippen molar-refractivity contribution >= 4 is 5.96 Å². The fourth-order valence-electron chi connectivity index (χ4n) is 1.42. The average molecular weight is 193 g/mol. The molecule has 0 saturated carbocycles. The van der Waals surface area contributed by atoms with Crippen molar-refractivity contribution in [1.82, 2.24) is 20.8 Å². The van der Waals surface area contributed by atoms with Crippen molar-refractivity contribution in [3.63, 3.8) is 0 Å². The molecule has 14 heavy (non-hydrogen) atoms. The monoisotopic (exact) mass is 193 g/mol. The van der Waals surface area contributed by atoms with Crippen LogP contribution in [0.25, 0.3) is 0 Å². The van der Waals surface area contributed by atoms with E-state index in [0.29, 0.717) is 0 Å². The fraction of sp³-hybridized carbons (Fsp3) is 0.556. The molecule has 76 valence electrons. The average Bonchev–Trinajstić information content (AvgIpc) is 2.72. The zero-order valence-corrected chi connectivity index (χ0v) is 8.25. The Bertz CT molecular complexity index is 303. The van der Waals surface area contributed by atoms with Crippen molar-refractivity contribution in [3.05, 3.63) is 18.0 Å². The van der Waals surface area contributed by atoms with Crippen LogP contribution in [0.5, 0.6) is 0 Å². The zero-order valence-electron chi connectivity index (χ0n) is 8.25. The van der Waals surface area contributed by atoms with Gasteiger partial charge in [-0.3, -0.25) is 10.1 Å². The minimum absolute atomic E-state index is 0.234. The number of nitrogens with zero attached hydrogens (tertiary/aromatic N) is 2. The second-order valence-corrected chi connectivity index (χ2v) is 3.41. The molecule has 0 saturated heterocycles. The van der Waals surface area contributed by atoms with E-state index in [0.717, 1.165) is 31.0 Å². The smallest absolute Gasteiger partial charge is 0.191 e. The Kier molecular flexibility index (Phi) is 2.67. The molecule has 1 aliphatic heterocycles. The quantitative estimate of drug-likeness (QED) is 0.637. The van der Waals surface area contributed by atoms with Crippen LogP contribution in [0.1, 0.15) is 24.9 Å².